The molecular formula is C6H7N3O3. The highest BCUT2D eigenvalue weighted by Crippen LogP contribution is 2.04. The summed E-state index contributed by atoms with van der Waals surface area (Å²) in [6, 6.07) is -0.707. The largest absolute Gasteiger partial charge is 0.333 e. The van der Waals surface area contributed by atoms with Crippen molar-refractivity contribution < 1.29 is 14.4 Å². The van der Waals surface area contributed by atoms with E-state index in [4.69, 9.17) is 5.41 Å². The van der Waals surface area contributed by atoms with Crippen LogP contribution in [0.2, 0.25) is 0 Å². The number of amides is 4. The monoisotopic (exact) mass is 169 g/mol. The minimum absolute atomic E-state index is 0.681. The van der Waals surface area contributed by atoms with Crippen molar-refractivity contribution in [3.63, 3.8) is 0 Å². The molecule has 0 spiro atoms. The molecule has 0 saturated carbocycles. The second-order valence-electron chi connectivity index (χ2n) is 2.39. The van der Waals surface area contributed by atoms with Gasteiger partial charge >= 0.3 is 6.03 Å². The molecule has 0 bridgehead atoms. The summed E-state index contributed by atoms with van der Waals surface area (Å²) in [6.07, 6.45) is 0. The molecule has 4 amide bonds. The first kappa shape index (κ1) is 8.38. The minimum Gasteiger partial charge on any atom is -0.291 e. The van der Waals surface area contributed by atoms with Crippen molar-refractivity contribution in [1.29, 1.82) is 5.41 Å². The fraction of sp³-hybridized carbons (Fsp3) is 0.333. The summed E-state index contributed by atoms with van der Waals surface area (Å²) in [4.78, 5) is 34.3. The number of carbonyl (C=O) groups is 3. The zero-order chi connectivity index (χ0) is 9.46. The van der Waals surface area contributed by atoms with Gasteiger partial charge in [-0.05, 0) is 0 Å². The van der Waals surface area contributed by atoms with Crippen molar-refractivity contribution >= 4 is 23.6 Å². The van der Waals surface area contributed by atoms with Crippen molar-refractivity contribution in [2.45, 2.75) is 0 Å². The van der Waals surface area contributed by atoms with Gasteiger partial charge in [0.2, 0.25) is 0 Å². The average Bonchev–Trinajstić information content (AvgIpc) is 2.08. The van der Waals surface area contributed by atoms with Crippen LogP contribution in [0.15, 0.2) is 0 Å². The fourth-order valence-electron chi connectivity index (χ4n) is 0.826. The summed E-state index contributed by atoms with van der Waals surface area (Å²) in [5.74, 6) is -1.72. The Balaban J connectivity index is 3.07. The van der Waals surface area contributed by atoms with E-state index < -0.39 is 23.6 Å². The smallest absolute Gasteiger partial charge is 0.291 e. The second-order valence-corrected chi connectivity index (χ2v) is 2.39. The number of hydrogen-bond acceptors (Lipinski definition) is 4. The van der Waals surface area contributed by atoms with Gasteiger partial charge < -0.3 is 0 Å². The lowest BCUT2D eigenvalue weighted by atomic mass is 10.2. The van der Waals surface area contributed by atoms with E-state index in [0.29, 0.717) is 0 Å². The van der Waals surface area contributed by atoms with Gasteiger partial charge in [0.05, 0.1) is 0 Å². The second kappa shape index (κ2) is 2.40. The van der Waals surface area contributed by atoms with Gasteiger partial charge in [0, 0.05) is 14.1 Å². The van der Waals surface area contributed by atoms with Crippen molar-refractivity contribution in [1.82, 2.24) is 9.80 Å². The third-order valence-electron chi connectivity index (χ3n) is 1.61. The molecule has 1 fully saturated rings. The molecule has 1 aliphatic heterocycles. The van der Waals surface area contributed by atoms with E-state index in [0.717, 1.165) is 9.80 Å². The van der Waals surface area contributed by atoms with Gasteiger partial charge in [-0.15, -0.1) is 0 Å². The van der Waals surface area contributed by atoms with E-state index in [1.165, 1.54) is 14.1 Å². The Kier molecular flexibility index (Phi) is 1.68. The zero-order valence-corrected chi connectivity index (χ0v) is 6.62. The fourth-order valence-corrected chi connectivity index (χ4v) is 0.826. The maximum absolute atomic E-state index is 11.0. The molecule has 0 aliphatic carbocycles. The standard InChI is InChI=1S/C6H7N3O3/c1-8-4(10)3(7)5(11)9(2)6(8)12/h7H,1-2H3. The topological polar surface area (TPSA) is 81.5 Å². The van der Waals surface area contributed by atoms with Gasteiger partial charge in [0.1, 0.15) is 0 Å². The maximum atomic E-state index is 11.0. The van der Waals surface area contributed by atoms with Crippen molar-refractivity contribution in [2.75, 3.05) is 14.1 Å². The van der Waals surface area contributed by atoms with Gasteiger partial charge in [-0.2, -0.15) is 0 Å². The molecule has 0 aromatic carbocycles. The normalized spacial score (nSPS) is 19.2. The van der Waals surface area contributed by atoms with Crippen molar-refractivity contribution in [3.05, 3.63) is 0 Å². The predicted molar refractivity (Wildman–Crippen MR) is 38.7 cm³/mol. The van der Waals surface area contributed by atoms with Gasteiger partial charge in [-0.25, -0.2) is 4.79 Å². The number of nitrogens with zero attached hydrogens (tertiary/aromatic N) is 2. The SMILES string of the molecule is CN1C(=O)C(=N)C(=O)N(C)C1=O. The highest BCUT2D eigenvalue weighted by molar-refractivity contribution is 6.67. The van der Waals surface area contributed by atoms with E-state index in [9.17, 15) is 14.4 Å². The first-order valence-electron chi connectivity index (χ1n) is 3.15. The van der Waals surface area contributed by atoms with Gasteiger partial charge in [-0.1, -0.05) is 0 Å². The molecule has 6 nitrogen and oxygen atoms in total. The lowest BCUT2D eigenvalue weighted by molar-refractivity contribution is -0.129. The van der Waals surface area contributed by atoms with Gasteiger partial charge in [-0.3, -0.25) is 24.8 Å². The molecule has 0 unspecified atom stereocenters. The molecule has 0 aromatic rings. The van der Waals surface area contributed by atoms with E-state index in [-0.39, 0.29) is 0 Å². The Morgan fingerprint density at radius 2 is 1.33 bits per heavy atom. The lowest BCUT2D eigenvalue weighted by Crippen LogP contribution is -2.57. The number of barbiturate groups is 1. The molecule has 0 radical (unpaired) electrons. The first-order valence-corrected chi connectivity index (χ1v) is 3.15. The number of nitrogens with one attached hydrogen (secondary N) is 1. The number of imide groups is 2. The van der Waals surface area contributed by atoms with E-state index in [1.54, 1.807) is 0 Å². The first-order chi connectivity index (χ1) is 5.46. The molecule has 6 heteroatoms. The Hall–Kier alpha value is -1.72. The third-order valence-corrected chi connectivity index (χ3v) is 1.61. The van der Waals surface area contributed by atoms with Crippen LogP contribution in [0.5, 0.6) is 0 Å². The van der Waals surface area contributed by atoms with Crippen LogP contribution < -0.4 is 0 Å². The molecule has 64 valence electrons. The summed E-state index contributed by atoms with van der Waals surface area (Å²) in [7, 11) is 2.45. The number of hydrogen-bond donors (Lipinski definition) is 1. The molecule has 0 atom stereocenters. The molecule has 1 rings (SSSR count). The Bertz CT molecular complexity index is 270. The van der Waals surface area contributed by atoms with Gasteiger partial charge in [0.25, 0.3) is 11.8 Å². The Morgan fingerprint density at radius 3 is 1.67 bits per heavy atom. The minimum atomic E-state index is -0.858. The molecule has 0 aromatic heterocycles. The highest BCUT2D eigenvalue weighted by atomic mass is 16.2. The molecule has 1 aliphatic rings. The van der Waals surface area contributed by atoms with Crippen LogP contribution in [0.25, 0.3) is 0 Å². The average molecular weight is 169 g/mol. The Labute approximate surface area is 68.2 Å². The number of urea groups is 1. The molecule has 1 N–H and O–H groups in total. The zero-order valence-electron chi connectivity index (χ0n) is 6.62. The summed E-state index contributed by atoms with van der Waals surface area (Å²) in [6.45, 7) is 0. The van der Waals surface area contributed by atoms with E-state index in [2.05, 4.69) is 0 Å². The lowest BCUT2D eigenvalue weighted by Gasteiger charge is -2.27. The number of carbonyl (C=O) groups excluding carboxylic acids is 3. The molecular weight excluding hydrogens is 162 g/mol. The summed E-state index contributed by atoms with van der Waals surface area (Å²) >= 11 is 0. The van der Waals surface area contributed by atoms with Crippen LogP contribution in [0, 0.1) is 5.41 Å². The van der Waals surface area contributed by atoms with Crippen molar-refractivity contribution in [3.8, 4) is 0 Å². The summed E-state index contributed by atoms with van der Waals surface area (Å²) < 4.78 is 0. The quantitative estimate of drug-likeness (QED) is 0.508. The van der Waals surface area contributed by atoms with Crippen molar-refractivity contribution in [2.24, 2.45) is 0 Å². The maximum Gasteiger partial charge on any atom is 0.333 e. The predicted octanol–water partition coefficient (Wildman–Crippen LogP) is -0.943. The van der Waals surface area contributed by atoms with Crippen LogP contribution in [0.4, 0.5) is 4.79 Å². The highest BCUT2D eigenvalue weighted by Gasteiger charge is 2.38. The van der Waals surface area contributed by atoms with E-state index >= 15 is 0 Å². The van der Waals surface area contributed by atoms with Crippen LogP contribution in [-0.2, 0) is 9.59 Å². The van der Waals surface area contributed by atoms with E-state index in [1.807, 2.05) is 0 Å². The van der Waals surface area contributed by atoms with Crippen LogP contribution in [0.1, 0.15) is 0 Å². The Morgan fingerprint density at radius 1 is 1.00 bits per heavy atom. The number of rotatable bonds is 0. The molecule has 1 saturated heterocycles. The molecule has 1 heterocycles. The summed E-state index contributed by atoms with van der Waals surface area (Å²) in [5.41, 5.74) is -0.681. The molecule has 12 heavy (non-hydrogen) atoms. The van der Waals surface area contributed by atoms with Crippen LogP contribution >= 0.6 is 0 Å². The van der Waals surface area contributed by atoms with Gasteiger partial charge in [0.15, 0.2) is 5.71 Å². The van der Waals surface area contributed by atoms with Crippen LogP contribution in [0.3, 0.4) is 0 Å². The van der Waals surface area contributed by atoms with Crippen LogP contribution in [-0.4, -0.2) is 47.5 Å². The summed E-state index contributed by atoms with van der Waals surface area (Å²) in [5, 5.41) is 7.02. The third kappa shape index (κ3) is 0.884.